The van der Waals surface area contributed by atoms with Crippen molar-refractivity contribution in [1.29, 1.82) is 0 Å². The lowest BCUT2D eigenvalue weighted by molar-refractivity contribution is -0.228. The van der Waals surface area contributed by atoms with Crippen LogP contribution in [0.1, 0.15) is 0 Å². The number of aliphatic hydroxyl groups is 3. The molecule has 0 saturated carbocycles. The standard InChI is InChI=1S/C6H10O5/c7-3-2-1-10-6(11-2)5(9)4(3)8/h2-9H,1H2/t2?,3?,4?,5?,6-/m1/s1. The molecule has 0 amide bonds. The molecule has 0 aromatic rings. The van der Waals surface area contributed by atoms with E-state index in [1.54, 1.807) is 0 Å². The van der Waals surface area contributed by atoms with Crippen LogP contribution in [0.3, 0.4) is 0 Å². The molecule has 0 spiro atoms. The summed E-state index contributed by atoms with van der Waals surface area (Å²) < 4.78 is 9.95. The number of hydrogen-bond acceptors (Lipinski definition) is 5. The Labute approximate surface area is 63.2 Å². The van der Waals surface area contributed by atoms with E-state index in [0.29, 0.717) is 0 Å². The molecule has 2 aliphatic rings. The Morgan fingerprint density at radius 1 is 1.00 bits per heavy atom. The van der Waals surface area contributed by atoms with Crippen molar-refractivity contribution in [2.24, 2.45) is 0 Å². The molecule has 5 nitrogen and oxygen atoms in total. The zero-order valence-corrected chi connectivity index (χ0v) is 5.75. The fraction of sp³-hybridized carbons (Fsp3) is 1.00. The monoisotopic (exact) mass is 162 g/mol. The van der Waals surface area contributed by atoms with Gasteiger partial charge in [0.25, 0.3) is 0 Å². The molecular weight excluding hydrogens is 152 g/mol. The Balaban J connectivity index is 2.16. The van der Waals surface area contributed by atoms with Crippen molar-refractivity contribution in [3.63, 3.8) is 0 Å². The molecule has 64 valence electrons. The van der Waals surface area contributed by atoms with Crippen molar-refractivity contribution in [2.45, 2.75) is 30.7 Å². The lowest BCUT2D eigenvalue weighted by atomic mass is 10.0. The van der Waals surface area contributed by atoms with Gasteiger partial charge in [-0.25, -0.2) is 0 Å². The van der Waals surface area contributed by atoms with Gasteiger partial charge >= 0.3 is 0 Å². The van der Waals surface area contributed by atoms with Crippen molar-refractivity contribution in [1.82, 2.24) is 0 Å². The van der Waals surface area contributed by atoms with Gasteiger partial charge in [-0.05, 0) is 0 Å². The fourth-order valence-electron chi connectivity index (χ4n) is 1.38. The molecule has 2 fully saturated rings. The smallest absolute Gasteiger partial charge is 0.186 e. The van der Waals surface area contributed by atoms with Crippen LogP contribution in [0.4, 0.5) is 0 Å². The van der Waals surface area contributed by atoms with E-state index in [1.807, 2.05) is 0 Å². The molecule has 0 aromatic carbocycles. The van der Waals surface area contributed by atoms with Gasteiger partial charge in [0.05, 0.1) is 6.61 Å². The largest absolute Gasteiger partial charge is 0.387 e. The molecule has 11 heavy (non-hydrogen) atoms. The van der Waals surface area contributed by atoms with Crippen LogP contribution in [0.5, 0.6) is 0 Å². The summed E-state index contributed by atoms with van der Waals surface area (Å²) in [6.07, 6.45) is -4.58. The van der Waals surface area contributed by atoms with Gasteiger partial charge in [0.2, 0.25) is 0 Å². The van der Waals surface area contributed by atoms with Crippen molar-refractivity contribution >= 4 is 0 Å². The zero-order chi connectivity index (χ0) is 8.01. The van der Waals surface area contributed by atoms with Crippen LogP contribution in [0.2, 0.25) is 0 Å². The first-order valence-corrected chi connectivity index (χ1v) is 3.51. The Bertz CT molecular complexity index is 141. The highest BCUT2D eigenvalue weighted by molar-refractivity contribution is 4.92. The Morgan fingerprint density at radius 2 is 1.73 bits per heavy atom. The minimum Gasteiger partial charge on any atom is -0.387 e. The highest BCUT2D eigenvalue weighted by atomic mass is 16.7. The third-order valence-corrected chi connectivity index (χ3v) is 2.09. The summed E-state index contributed by atoms with van der Waals surface area (Å²) in [5, 5.41) is 27.6. The first-order valence-electron chi connectivity index (χ1n) is 3.51. The van der Waals surface area contributed by atoms with Gasteiger partial charge in [0.1, 0.15) is 24.4 Å². The molecule has 2 saturated heterocycles. The summed E-state index contributed by atoms with van der Waals surface area (Å²) in [5.74, 6) is 0. The molecule has 2 heterocycles. The van der Waals surface area contributed by atoms with E-state index in [2.05, 4.69) is 0 Å². The molecule has 2 aliphatic heterocycles. The highest BCUT2D eigenvalue weighted by Crippen LogP contribution is 2.27. The van der Waals surface area contributed by atoms with E-state index in [0.717, 1.165) is 0 Å². The fourth-order valence-corrected chi connectivity index (χ4v) is 1.38. The molecule has 2 rings (SSSR count). The number of fused-ring (bicyclic) bond motifs is 2. The topological polar surface area (TPSA) is 79.2 Å². The SMILES string of the molecule is OC1C2CO[C@H](O2)C(O)C1O. The van der Waals surface area contributed by atoms with Crippen LogP contribution >= 0.6 is 0 Å². The van der Waals surface area contributed by atoms with Crippen LogP contribution in [0, 0.1) is 0 Å². The molecular formula is C6H10O5. The van der Waals surface area contributed by atoms with Crippen molar-refractivity contribution < 1.29 is 24.8 Å². The Kier molecular flexibility index (Phi) is 1.62. The summed E-state index contributed by atoms with van der Waals surface area (Å²) in [7, 11) is 0. The van der Waals surface area contributed by atoms with Crippen LogP contribution in [0.25, 0.3) is 0 Å². The third kappa shape index (κ3) is 0.969. The maximum Gasteiger partial charge on any atom is 0.186 e. The minimum atomic E-state index is -1.15. The molecule has 5 atom stereocenters. The Hall–Kier alpha value is -0.200. The quantitative estimate of drug-likeness (QED) is 0.377. The second-order valence-electron chi connectivity index (χ2n) is 2.85. The second-order valence-corrected chi connectivity index (χ2v) is 2.85. The number of hydrogen-bond donors (Lipinski definition) is 3. The number of aliphatic hydroxyl groups excluding tert-OH is 3. The lowest BCUT2D eigenvalue weighted by Crippen LogP contribution is -2.53. The first-order chi connectivity index (χ1) is 5.20. The molecule has 0 radical (unpaired) electrons. The summed E-state index contributed by atoms with van der Waals surface area (Å²) in [6, 6.07) is 0. The van der Waals surface area contributed by atoms with E-state index < -0.39 is 30.7 Å². The average molecular weight is 162 g/mol. The van der Waals surface area contributed by atoms with Gasteiger partial charge in [0.15, 0.2) is 6.29 Å². The molecule has 0 aliphatic carbocycles. The van der Waals surface area contributed by atoms with Crippen molar-refractivity contribution in [3.8, 4) is 0 Å². The lowest BCUT2D eigenvalue weighted by Gasteiger charge is -2.32. The van der Waals surface area contributed by atoms with Crippen LogP contribution in [-0.2, 0) is 9.47 Å². The van der Waals surface area contributed by atoms with E-state index >= 15 is 0 Å². The van der Waals surface area contributed by atoms with E-state index in [1.165, 1.54) is 0 Å². The van der Waals surface area contributed by atoms with Gasteiger partial charge in [-0.15, -0.1) is 0 Å². The molecule has 4 unspecified atom stereocenters. The normalized spacial score (nSPS) is 56.5. The average Bonchev–Trinajstić information content (AvgIpc) is 2.44. The van der Waals surface area contributed by atoms with Gasteiger partial charge < -0.3 is 24.8 Å². The number of rotatable bonds is 0. The highest BCUT2D eigenvalue weighted by Gasteiger charge is 2.48. The first kappa shape index (κ1) is 7.45. The predicted octanol–water partition coefficient (Wildman–Crippen LogP) is -2.18. The third-order valence-electron chi connectivity index (χ3n) is 2.09. The van der Waals surface area contributed by atoms with Gasteiger partial charge in [-0.3, -0.25) is 0 Å². The molecule has 0 aromatic heterocycles. The molecule has 2 bridgehead atoms. The molecule has 3 N–H and O–H groups in total. The van der Waals surface area contributed by atoms with Crippen LogP contribution < -0.4 is 0 Å². The van der Waals surface area contributed by atoms with E-state index in [-0.39, 0.29) is 6.61 Å². The second kappa shape index (κ2) is 2.40. The summed E-state index contributed by atoms with van der Waals surface area (Å²) in [5.41, 5.74) is 0. The van der Waals surface area contributed by atoms with Crippen molar-refractivity contribution in [2.75, 3.05) is 6.61 Å². The maximum atomic E-state index is 9.22. The van der Waals surface area contributed by atoms with Gasteiger partial charge in [-0.2, -0.15) is 0 Å². The minimum absolute atomic E-state index is 0.236. The van der Waals surface area contributed by atoms with Crippen LogP contribution in [0.15, 0.2) is 0 Å². The summed E-state index contributed by atoms with van der Waals surface area (Å²) in [6.45, 7) is 0.236. The van der Waals surface area contributed by atoms with E-state index in [4.69, 9.17) is 14.6 Å². The zero-order valence-electron chi connectivity index (χ0n) is 5.75. The van der Waals surface area contributed by atoms with E-state index in [9.17, 15) is 10.2 Å². The molecule has 5 heteroatoms. The maximum absolute atomic E-state index is 9.22. The number of ether oxygens (including phenoxy) is 2. The van der Waals surface area contributed by atoms with Gasteiger partial charge in [0, 0.05) is 0 Å². The van der Waals surface area contributed by atoms with Crippen molar-refractivity contribution in [3.05, 3.63) is 0 Å². The summed E-state index contributed by atoms with van der Waals surface area (Å²) >= 11 is 0. The van der Waals surface area contributed by atoms with Crippen LogP contribution in [-0.4, -0.2) is 52.6 Å². The Morgan fingerprint density at radius 3 is 2.45 bits per heavy atom. The summed E-state index contributed by atoms with van der Waals surface area (Å²) in [4.78, 5) is 0. The van der Waals surface area contributed by atoms with Gasteiger partial charge in [-0.1, -0.05) is 0 Å². The predicted molar refractivity (Wildman–Crippen MR) is 32.6 cm³/mol.